The van der Waals surface area contributed by atoms with Gasteiger partial charge in [0.25, 0.3) is 0 Å². The van der Waals surface area contributed by atoms with E-state index in [4.69, 9.17) is 13.9 Å². The lowest BCUT2D eigenvalue weighted by molar-refractivity contribution is -0.136. The maximum Gasteiger partial charge on any atom is 0.164 e. The molecule has 0 atom stereocenters. The van der Waals surface area contributed by atoms with Gasteiger partial charge in [0, 0.05) is 13.2 Å². The van der Waals surface area contributed by atoms with Gasteiger partial charge in [-0.3, -0.25) is 0 Å². The molecule has 0 aliphatic rings. The Hall–Kier alpha value is -0.800. The van der Waals surface area contributed by atoms with Crippen LogP contribution in [0.1, 0.15) is 19.6 Å². The van der Waals surface area contributed by atoms with Crippen LogP contribution < -0.4 is 0 Å². The smallest absolute Gasteiger partial charge is 0.164 e. The molecule has 0 fully saturated rings. The molecule has 1 aromatic heterocycles. The van der Waals surface area contributed by atoms with Crippen LogP contribution in [0.15, 0.2) is 22.8 Å². The summed E-state index contributed by atoms with van der Waals surface area (Å²) in [6.45, 7) is 5.22. The number of rotatable bonds is 6. The van der Waals surface area contributed by atoms with Gasteiger partial charge in [0.1, 0.15) is 5.76 Å². The Morgan fingerprint density at radius 1 is 1.31 bits per heavy atom. The molecule has 74 valence electrons. The molecule has 0 aliphatic carbocycles. The van der Waals surface area contributed by atoms with E-state index >= 15 is 0 Å². The van der Waals surface area contributed by atoms with Gasteiger partial charge in [0.05, 0.1) is 12.7 Å². The van der Waals surface area contributed by atoms with Crippen LogP contribution >= 0.6 is 0 Å². The normalized spacial score (nSPS) is 11.0. The molecule has 3 heteroatoms. The van der Waals surface area contributed by atoms with Crippen LogP contribution in [0.4, 0.5) is 0 Å². The molecule has 0 aliphatic heterocycles. The summed E-state index contributed by atoms with van der Waals surface area (Å²) in [6, 6.07) is 3.79. The highest BCUT2D eigenvalue weighted by molar-refractivity contribution is 4.98. The van der Waals surface area contributed by atoms with Gasteiger partial charge in [-0.15, -0.1) is 0 Å². The van der Waals surface area contributed by atoms with E-state index in [-0.39, 0.29) is 6.29 Å². The van der Waals surface area contributed by atoms with Gasteiger partial charge >= 0.3 is 0 Å². The third-order valence-corrected chi connectivity index (χ3v) is 1.65. The molecule has 0 saturated carbocycles. The Morgan fingerprint density at radius 2 is 2.00 bits per heavy atom. The first-order valence-corrected chi connectivity index (χ1v) is 4.62. The highest BCUT2D eigenvalue weighted by Gasteiger charge is 2.10. The predicted octanol–water partition coefficient (Wildman–Crippen LogP) is 2.22. The lowest BCUT2D eigenvalue weighted by Crippen LogP contribution is -2.19. The van der Waals surface area contributed by atoms with Gasteiger partial charge in [0.2, 0.25) is 0 Å². The fraction of sp³-hybridized carbons (Fsp3) is 0.600. The number of hydrogen-bond acceptors (Lipinski definition) is 3. The van der Waals surface area contributed by atoms with Crippen molar-refractivity contribution in [2.45, 2.75) is 26.6 Å². The van der Waals surface area contributed by atoms with E-state index in [1.54, 1.807) is 6.26 Å². The summed E-state index contributed by atoms with van der Waals surface area (Å²) in [5.74, 6) is 0.895. The average Bonchev–Trinajstić information content (AvgIpc) is 2.58. The molecule has 0 radical (unpaired) electrons. The van der Waals surface area contributed by atoms with Crippen molar-refractivity contribution in [3.05, 3.63) is 24.2 Å². The second kappa shape index (κ2) is 5.78. The molecule has 0 aromatic carbocycles. The molecule has 0 bridgehead atoms. The summed E-state index contributed by atoms with van der Waals surface area (Å²) >= 11 is 0. The third-order valence-electron chi connectivity index (χ3n) is 1.65. The number of ether oxygens (including phenoxy) is 2. The van der Waals surface area contributed by atoms with E-state index in [1.807, 2.05) is 26.0 Å². The van der Waals surface area contributed by atoms with Crippen LogP contribution in [0, 0.1) is 0 Å². The molecule has 1 heterocycles. The molecule has 0 saturated heterocycles. The monoisotopic (exact) mass is 184 g/mol. The van der Waals surface area contributed by atoms with Crippen LogP contribution in [-0.4, -0.2) is 19.5 Å². The topological polar surface area (TPSA) is 31.6 Å². The molecule has 0 spiro atoms. The van der Waals surface area contributed by atoms with E-state index in [0.29, 0.717) is 19.6 Å². The third kappa shape index (κ3) is 3.61. The molecular formula is C10H16O3. The SMILES string of the molecule is CCOC(Cc1ccco1)OCC. The lowest BCUT2D eigenvalue weighted by atomic mass is 10.3. The van der Waals surface area contributed by atoms with E-state index < -0.39 is 0 Å². The van der Waals surface area contributed by atoms with Crippen molar-refractivity contribution in [1.29, 1.82) is 0 Å². The number of hydrogen-bond donors (Lipinski definition) is 0. The molecule has 0 N–H and O–H groups in total. The second-order valence-electron chi connectivity index (χ2n) is 2.62. The fourth-order valence-corrected chi connectivity index (χ4v) is 1.13. The molecule has 0 amide bonds. The minimum atomic E-state index is -0.179. The van der Waals surface area contributed by atoms with Gasteiger partial charge in [-0.05, 0) is 26.0 Å². The van der Waals surface area contributed by atoms with Gasteiger partial charge in [-0.2, -0.15) is 0 Å². The van der Waals surface area contributed by atoms with Crippen molar-refractivity contribution < 1.29 is 13.9 Å². The Kier molecular flexibility index (Phi) is 4.57. The molecule has 1 aromatic rings. The Morgan fingerprint density at radius 3 is 2.46 bits per heavy atom. The minimum Gasteiger partial charge on any atom is -0.469 e. The summed E-state index contributed by atoms with van der Waals surface area (Å²) in [6.07, 6.45) is 2.15. The second-order valence-corrected chi connectivity index (χ2v) is 2.62. The van der Waals surface area contributed by atoms with Crippen LogP contribution in [0.2, 0.25) is 0 Å². The quantitative estimate of drug-likeness (QED) is 0.635. The maximum absolute atomic E-state index is 5.37. The summed E-state index contributed by atoms with van der Waals surface area (Å²) in [4.78, 5) is 0. The standard InChI is InChI=1S/C10H16O3/c1-3-11-10(12-4-2)8-9-6-5-7-13-9/h5-7,10H,3-4,8H2,1-2H3. The zero-order valence-corrected chi connectivity index (χ0v) is 8.16. The van der Waals surface area contributed by atoms with Crippen molar-refractivity contribution >= 4 is 0 Å². The Balaban J connectivity index is 2.37. The highest BCUT2D eigenvalue weighted by Crippen LogP contribution is 2.07. The summed E-state index contributed by atoms with van der Waals surface area (Å²) < 4.78 is 15.9. The van der Waals surface area contributed by atoms with Crippen molar-refractivity contribution in [1.82, 2.24) is 0 Å². The van der Waals surface area contributed by atoms with E-state index in [0.717, 1.165) is 5.76 Å². The first-order chi connectivity index (χ1) is 6.36. The molecule has 3 nitrogen and oxygen atoms in total. The van der Waals surface area contributed by atoms with Gasteiger partial charge < -0.3 is 13.9 Å². The zero-order chi connectivity index (χ0) is 9.52. The minimum absolute atomic E-state index is 0.179. The predicted molar refractivity (Wildman–Crippen MR) is 49.5 cm³/mol. The largest absolute Gasteiger partial charge is 0.469 e. The molecule has 0 unspecified atom stereocenters. The van der Waals surface area contributed by atoms with Gasteiger partial charge in [-0.25, -0.2) is 0 Å². The van der Waals surface area contributed by atoms with Crippen LogP contribution in [0.25, 0.3) is 0 Å². The van der Waals surface area contributed by atoms with Crippen LogP contribution in [-0.2, 0) is 15.9 Å². The molecule has 1 rings (SSSR count). The maximum atomic E-state index is 5.37. The zero-order valence-electron chi connectivity index (χ0n) is 8.16. The van der Waals surface area contributed by atoms with Crippen molar-refractivity contribution in [3.8, 4) is 0 Å². The van der Waals surface area contributed by atoms with Crippen molar-refractivity contribution in [3.63, 3.8) is 0 Å². The Labute approximate surface area is 78.6 Å². The van der Waals surface area contributed by atoms with E-state index in [2.05, 4.69) is 0 Å². The van der Waals surface area contributed by atoms with E-state index in [1.165, 1.54) is 0 Å². The number of furan rings is 1. The van der Waals surface area contributed by atoms with Gasteiger partial charge in [0.15, 0.2) is 6.29 Å². The van der Waals surface area contributed by atoms with E-state index in [9.17, 15) is 0 Å². The summed E-state index contributed by atoms with van der Waals surface area (Å²) in [5, 5.41) is 0. The first-order valence-electron chi connectivity index (χ1n) is 4.62. The first kappa shape index (κ1) is 10.3. The lowest BCUT2D eigenvalue weighted by Gasteiger charge is -2.15. The Bertz CT molecular complexity index is 200. The van der Waals surface area contributed by atoms with Crippen LogP contribution in [0.5, 0.6) is 0 Å². The van der Waals surface area contributed by atoms with Gasteiger partial charge in [-0.1, -0.05) is 0 Å². The van der Waals surface area contributed by atoms with Crippen LogP contribution in [0.3, 0.4) is 0 Å². The van der Waals surface area contributed by atoms with Crippen molar-refractivity contribution in [2.24, 2.45) is 0 Å². The summed E-state index contributed by atoms with van der Waals surface area (Å²) in [5.41, 5.74) is 0. The fourth-order valence-electron chi connectivity index (χ4n) is 1.13. The summed E-state index contributed by atoms with van der Waals surface area (Å²) in [7, 11) is 0. The van der Waals surface area contributed by atoms with Crippen molar-refractivity contribution in [2.75, 3.05) is 13.2 Å². The molecular weight excluding hydrogens is 168 g/mol. The average molecular weight is 184 g/mol. The molecule has 13 heavy (non-hydrogen) atoms. The highest BCUT2D eigenvalue weighted by atomic mass is 16.7.